The number of fused-ring (bicyclic) bond motifs is 1. The van der Waals surface area contributed by atoms with Crippen molar-refractivity contribution in [3.05, 3.63) is 65.4 Å². The first-order valence-corrected chi connectivity index (χ1v) is 7.72. The minimum atomic E-state index is -0.856. The van der Waals surface area contributed by atoms with Crippen LogP contribution in [0.25, 0.3) is 10.9 Å². The number of hydrogen-bond acceptors (Lipinski definition) is 2. The van der Waals surface area contributed by atoms with Gasteiger partial charge < -0.3 is 5.32 Å². The first kappa shape index (κ1) is 16.1. The number of amides is 1. The van der Waals surface area contributed by atoms with E-state index in [1.807, 2.05) is 31.2 Å². The number of halogens is 2. The molecular weight excluding hydrogens is 312 g/mol. The molecule has 1 heterocycles. The second-order valence-electron chi connectivity index (χ2n) is 5.78. The number of carbonyl (C=O) groups is 1. The van der Waals surface area contributed by atoms with E-state index in [9.17, 15) is 13.6 Å². The number of para-hydroxylation sites is 1. The molecule has 1 amide bonds. The van der Waals surface area contributed by atoms with E-state index in [1.165, 1.54) is 6.07 Å². The van der Waals surface area contributed by atoms with E-state index in [2.05, 4.69) is 15.5 Å². The predicted molar refractivity (Wildman–Crippen MR) is 87.7 cm³/mol. The van der Waals surface area contributed by atoms with Gasteiger partial charge in [0.15, 0.2) is 17.3 Å². The maximum atomic E-state index is 13.2. The van der Waals surface area contributed by atoms with Crippen molar-refractivity contribution in [1.82, 2.24) is 15.5 Å². The largest absolute Gasteiger partial charge is 0.348 e. The van der Waals surface area contributed by atoms with Gasteiger partial charge in [-0.3, -0.25) is 9.89 Å². The number of H-pyrrole nitrogens is 1. The van der Waals surface area contributed by atoms with Gasteiger partial charge in [-0.2, -0.15) is 5.10 Å². The second kappa shape index (κ2) is 6.78. The summed E-state index contributed by atoms with van der Waals surface area (Å²) in [7, 11) is 0. The van der Waals surface area contributed by atoms with Crippen LogP contribution in [0.4, 0.5) is 8.78 Å². The summed E-state index contributed by atoms with van der Waals surface area (Å²) in [6.07, 6.45) is 1.15. The van der Waals surface area contributed by atoms with Crippen molar-refractivity contribution in [2.24, 2.45) is 0 Å². The summed E-state index contributed by atoms with van der Waals surface area (Å²) in [5.41, 5.74) is 1.85. The van der Waals surface area contributed by atoms with Crippen molar-refractivity contribution in [3.8, 4) is 0 Å². The van der Waals surface area contributed by atoms with E-state index in [1.54, 1.807) is 6.07 Å². The number of nitrogens with zero attached hydrogens (tertiary/aromatic N) is 1. The van der Waals surface area contributed by atoms with Crippen LogP contribution in [0.1, 0.15) is 29.4 Å². The van der Waals surface area contributed by atoms with Gasteiger partial charge >= 0.3 is 0 Å². The molecule has 0 bridgehead atoms. The molecule has 3 rings (SSSR count). The summed E-state index contributed by atoms with van der Waals surface area (Å²) in [6, 6.07) is 11.1. The number of hydrogen-bond donors (Lipinski definition) is 2. The van der Waals surface area contributed by atoms with Crippen LogP contribution in [0, 0.1) is 11.6 Å². The van der Waals surface area contributed by atoms with Gasteiger partial charge in [0.25, 0.3) is 5.91 Å². The Bertz CT molecular complexity index is 876. The van der Waals surface area contributed by atoms with Crippen LogP contribution < -0.4 is 5.32 Å². The van der Waals surface area contributed by atoms with Crippen molar-refractivity contribution in [3.63, 3.8) is 0 Å². The topological polar surface area (TPSA) is 57.8 Å². The van der Waals surface area contributed by atoms with Gasteiger partial charge in [0.2, 0.25) is 0 Å². The van der Waals surface area contributed by atoms with Crippen molar-refractivity contribution < 1.29 is 13.6 Å². The number of carbonyl (C=O) groups excluding carboxylic acids is 1. The fraction of sp³-hybridized carbons (Fsp3) is 0.222. The molecule has 0 aliphatic heterocycles. The molecule has 0 fully saturated rings. The SMILES string of the molecule is CC(CCc1ccc(F)c(F)c1)NC(=O)c1n[nH]c2ccccc12. The van der Waals surface area contributed by atoms with E-state index < -0.39 is 11.6 Å². The zero-order chi connectivity index (χ0) is 17.1. The molecule has 24 heavy (non-hydrogen) atoms. The summed E-state index contributed by atoms with van der Waals surface area (Å²) in [4.78, 5) is 12.3. The Morgan fingerprint density at radius 2 is 2.00 bits per heavy atom. The smallest absolute Gasteiger partial charge is 0.272 e. The lowest BCUT2D eigenvalue weighted by Crippen LogP contribution is -2.33. The van der Waals surface area contributed by atoms with Crippen molar-refractivity contribution in [2.75, 3.05) is 0 Å². The van der Waals surface area contributed by atoms with Gasteiger partial charge in [-0.05, 0) is 43.5 Å². The highest BCUT2D eigenvalue weighted by molar-refractivity contribution is 6.04. The molecule has 0 radical (unpaired) electrons. The van der Waals surface area contributed by atoms with Crippen molar-refractivity contribution in [1.29, 1.82) is 0 Å². The lowest BCUT2D eigenvalue weighted by atomic mass is 10.1. The molecule has 0 saturated carbocycles. The van der Waals surface area contributed by atoms with Gasteiger partial charge in [-0.1, -0.05) is 24.3 Å². The van der Waals surface area contributed by atoms with Crippen LogP contribution in [0.2, 0.25) is 0 Å². The van der Waals surface area contributed by atoms with Crippen LogP contribution >= 0.6 is 0 Å². The van der Waals surface area contributed by atoms with E-state index in [0.29, 0.717) is 24.1 Å². The van der Waals surface area contributed by atoms with Crippen LogP contribution in [0.3, 0.4) is 0 Å². The van der Waals surface area contributed by atoms with E-state index in [-0.39, 0.29) is 11.9 Å². The number of aromatic amines is 1. The zero-order valence-corrected chi connectivity index (χ0v) is 13.1. The number of rotatable bonds is 5. The molecule has 6 heteroatoms. The minimum absolute atomic E-state index is 0.124. The Labute approximate surface area is 137 Å². The van der Waals surface area contributed by atoms with Gasteiger partial charge in [0.1, 0.15) is 0 Å². The highest BCUT2D eigenvalue weighted by Gasteiger charge is 2.16. The number of nitrogens with one attached hydrogen (secondary N) is 2. The third kappa shape index (κ3) is 3.42. The van der Waals surface area contributed by atoms with E-state index in [0.717, 1.165) is 17.0 Å². The molecule has 1 aromatic heterocycles. The van der Waals surface area contributed by atoms with Crippen LogP contribution in [-0.2, 0) is 6.42 Å². The molecule has 4 nitrogen and oxygen atoms in total. The molecule has 1 atom stereocenters. The Morgan fingerprint density at radius 3 is 2.79 bits per heavy atom. The number of aryl methyl sites for hydroxylation is 1. The molecule has 2 aromatic carbocycles. The summed E-state index contributed by atoms with van der Waals surface area (Å²) in [5, 5.41) is 10.5. The van der Waals surface area contributed by atoms with Crippen LogP contribution in [0.15, 0.2) is 42.5 Å². The van der Waals surface area contributed by atoms with Gasteiger partial charge in [0.05, 0.1) is 5.52 Å². The van der Waals surface area contributed by atoms with Gasteiger partial charge in [-0.25, -0.2) is 8.78 Å². The predicted octanol–water partition coefficient (Wildman–Crippen LogP) is 3.59. The summed E-state index contributed by atoms with van der Waals surface area (Å²) in [6.45, 7) is 1.87. The van der Waals surface area contributed by atoms with Crippen molar-refractivity contribution >= 4 is 16.8 Å². The molecule has 124 valence electrons. The molecule has 2 N–H and O–H groups in total. The maximum absolute atomic E-state index is 13.2. The quantitative estimate of drug-likeness (QED) is 0.751. The van der Waals surface area contributed by atoms with E-state index in [4.69, 9.17) is 0 Å². The highest BCUT2D eigenvalue weighted by Crippen LogP contribution is 2.15. The number of benzene rings is 2. The Balaban J connectivity index is 1.61. The Kier molecular flexibility index (Phi) is 4.55. The minimum Gasteiger partial charge on any atom is -0.348 e. The Morgan fingerprint density at radius 1 is 1.21 bits per heavy atom. The third-order valence-electron chi connectivity index (χ3n) is 3.91. The first-order chi connectivity index (χ1) is 11.5. The normalized spacial score (nSPS) is 12.3. The summed E-state index contributed by atoms with van der Waals surface area (Å²) < 4.78 is 26.1. The molecule has 1 unspecified atom stereocenters. The molecule has 3 aromatic rings. The fourth-order valence-corrected chi connectivity index (χ4v) is 2.58. The van der Waals surface area contributed by atoms with Gasteiger partial charge in [-0.15, -0.1) is 0 Å². The standard InChI is InChI=1S/C18H17F2N3O/c1-11(6-7-12-8-9-14(19)15(20)10-12)21-18(24)17-13-4-2-3-5-16(13)22-23-17/h2-5,8-11H,6-7H2,1H3,(H,21,24)(H,22,23). The van der Waals surface area contributed by atoms with Gasteiger partial charge in [0, 0.05) is 11.4 Å². The molecule has 0 spiro atoms. The summed E-state index contributed by atoms with van der Waals surface area (Å²) >= 11 is 0. The first-order valence-electron chi connectivity index (χ1n) is 7.72. The lowest BCUT2D eigenvalue weighted by molar-refractivity contribution is 0.0935. The molecular formula is C18H17F2N3O. The van der Waals surface area contributed by atoms with Crippen LogP contribution in [0.5, 0.6) is 0 Å². The lowest BCUT2D eigenvalue weighted by Gasteiger charge is -2.13. The maximum Gasteiger partial charge on any atom is 0.272 e. The summed E-state index contributed by atoms with van der Waals surface area (Å²) in [5.74, 6) is -1.97. The number of aromatic nitrogens is 2. The second-order valence-corrected chi connectivity index (χ2v) is 5.78. The molecule has 0 saturated heterocycles. The average molecular weight is 329 g/mol. The monoisotopic (exact) mass is 329 g/mol. The zero-order valence-electron chi connectivity index (χ0n) is 13.1. The van der Waals surface area contributed by atoms with E-state index >= 15 is 0 Å². The van der Waals surface area contributed by atoms with Crippen molar-refractivity contribution in [2.45, 2.75) is 25.8 Å². The van der Waals surface area contributed by atoms with Crippen LogP contribution in [-0.4, -0.2) is 22.1 Å². The fourth-order valence-electron chi connectivity index (χ4n) is 2.58. The molecule has 0 aliphatic carbocycles. The highest BCUT2D eigenvalue weighted by atomic mass is 19.2. The molecule has 0 aliphatic rings. The Hall–Kier alpha value is -2.76. The average Bonchev–Trinajstić information content (AvgIpc) is 3.00. The third-order valence-corrected chi connectivity index (χ3v) is 3.91.